The number of hydrogen-bond acceptors (Lipinski definition) is 1. The molecule has 3 heteroatoms. The standard InChI is InChI=1S/C11H13ClFN/c12-8-2-1-3-9(13)11(8)10(14)6-7-4-5-7/h1-3,7,10H,4-6,14H2/t10-/m1/s1. The summed E-state index contributed by atoms with van der Waals surface area (Å²) in [5.74, 6) is 0.395. The average Bonchev–Trinajstić information content (AvgIpc) is 2.87. The summed E-state index contributed by atoms with van der Waals surface area (Å²) in [6, 6.07) is 4.45. The second-order valence-electron chi connectivity index (χ2n) is 3.92. The van der Waals surface area contributed by atoms with Gasteiger partial charge in [0.2, 0.25) is 0 Å². The largest absolute Gasteiger partial charge is 0.324 e. The van der Waals surface area contributed by atoms with Crippen LogP contribution in [-0.4, -0.2) is 0 Å². The molecule has 1 saturated carbocycles. The lowest BCUT2D eigenvalue weighted by Gasteiger charge is -2.13. The van der Waals surface area contributed by atoms with Gasteiger partial charge in [0.05, 0.1) is 0 Å². The van der Waals surface area contributed by atoms with Gasteiger partial charge >= 0.3 is 0 Å². The van der Waals surface area contributed by atoms with Crippen LogP contribution in [0.3, 0.4) is 0 Å². The molecule has 2 rings (SSSR count). The molecular weight excluding hydrogens is 201 g/mol. The monoisotopic (exact) mass is 213 g/mol. The maximum Gasteiger partial charge on any atom is 0.129 e. The maximum atomic E-state index is 13.4. The third-order valence-electron chi connectivity index (χ3n) is 2.65. The smallest absolute Gasteiger partial charge is 0.129 e. The zero-order chi connectivity index (χ0) is 10.1. The molecule has 1 atom stereocenters. The number of benzene rings is 1. The molecule has 0 bridgehead atoms. The Morgan fingerprint density at radius 1 is 1.50 bits per heavy atom. The highest BCUT2D eigenvalue weighted by atomic mass is 35.5. The molecule has 1 aromatic carbocycles. The molecule has 0 unspecified atom stereocenters. The van der Waals surface area contributed by atoms with Gasteiger partial charge < -0.3 is 5.73 Å². The van der Waals surface area contributed by atoms with Crippen molar-refractivity contribution in [3.63, 3.8) is 0 Å². The van der Waals surface area contributed by atoms with Crippen molar-refractivity contribution in [2.75, 3.05) is 0 Å². The maximum absolute atomic E-state index is 13.4. The highest BCUT2D eigenvalue weighted by Gasteiger charge is 2.26. The fraction of sp³-hybridized carbons (Fsp3) is 0.455. The van der Waals surface area contributed by atoms with E-state index in [0.29, 0.717) is 16.5 Å². The van der Waals surface area contributed by atoms with E-state index >= 15 is 0 Å². The summed E-state index contributed by atoms with van der Waals surface area (Å²) >= 11 is 5.91. The predicted molar refractivity (Wildman–Crippen MR) is 55.7 cm³/mol. The summed E-state index contributed by atoms with van der Waals surface area (Å²) in [4.78, 5) is 0. The first-order valence-electron chi connectivity index (χ1n) is 4.88. The SMILES string of the molecule is N[C@H](CC1CC1)c1c(F)cccc1Cl. The number of nitrogens with two attached hydrogens (primary N) is 1. The lowest BCUT2D eigenvalue weighted by Crippen LogP contribution is -2.13. The molecule has 14 heavy (non-hydrogen) atoms. The number of halogens is 2. The van der Waals surface area contributed by atoms with Gasteiger partial charge in [0.1, 0.15) is 5.82 Å². The topological polar surface area (TPSA) is 26.0 Å². The van der Waals surface area contributed by atoms with E-state index in [-0.39, 0.29) is 11.9 Å². The highest BCUT2D eigenvalue weighted by Crippen LogP contribution is 2.38. The van der Waals surface area contributed by atoms with Crippen molar-refractivity contribution in [2.24, 2.45) is 11.7 Å². The van der Waals surface area contributed by atoms with Crippen molar-refractivity contribution in [1.29, 1.82) is 0 Å². The molecule has 0 aliphatic heterocycles. The molecule has 0 spiro atoms. The van der Waals surface area contributed by atoms with Crippen LogP contribution in [0.25, 0.3) is 0 Å². The van der Waals surface area contributed by atoms with Gasteiger partial charge in [0, 0.05) is 16.6 Å². The van der Waals surface area contributed by atoms with Crippen LogP contribution in [-0.2, 0) is 0 Å². The van der Waals surface area contributed by atoms with Crippen molar-refractivity contribution in [3.8, 4) is 0 Å². The van der Waals surface area contributed by atoms with Crippen molar-refractivity contribution < 1.29 is 4.39 Å². The van der Waals surface area contributed by atoms with Crippen molar-refractivity contribution in [1.82, 2.24) is 0 Å². The Hall–Kier alpha value is -0.600. The average molecular weight is 214 g/mol. The van der Waals surface area contributed by atoms with Crippen molar-refractivity contribution in [3.05, 3.63) is 34.6 Å². The van der Waals surface area contributed by atoms with Crippen molar-refractivity contribution >= 4 is 11.6 Å². The van der Waals surface area contributed by atoms with E-state index in [2.05, 4.69) is 0 Å². The lowest BCUT2D eigenvalue weighted by atomic mass is 10.0. The Bertz CT molecular complexity index is 316. The summed E-state index contributed by atoms with van der Waals surface area (Å²) in [7, 11) is 0. The molecule has 76 valence electrons. The summed E-state index contributed by atoms with van der Waals surface area (Å²) < 4.78 is 13.4. The van der Waals surface area contributed by atoms with E-state index in [1.807, 2.05) is 0 Å². The number of hydrogen-bond donors (Lipinski definition) is 1. The van der Waals surface area contributed by atoms with E-state index in [1.165, 1.54) is 18.9 Å². The summed E-state index contributed by atoms with van der Waals surface area (Å²) in [5, 5.41) is 0.443. The Kier molecular flexibility index (Phi) is 2.75. The minimum Gasteiger partial charge on any atom is -0.324 e. The first-order valence-corrected chi connectivity index (χ1v) is 5.25. The first-order chi connectivity index (χ1) is 6.68. The molecule has 0 aromatic heterocycles. The quantitative estimate of drug-likeness (QED) is 0.820. The molecule has 1 aliphatic carbocycles. The minimum atomic E-state index is -0.286. The van der Waals surface area contributed by atoms with Crippen molar-refractivity contribution in [2.45, 2.75) is 25.3 Å². The third kappa shape index (κ3) is 2.07. The van der Waals surface area contributed by atoms with Gasteiger partial charge in [-0.25, -0.2) is 4.39 Å². The van der Waals surface area contributed by atoms with Crippen LogP contribution in [0.1, 0.15) is 30.9 Å². The van der Waals surface area contributed by atoms with Gasteiger partial charge in [-0.2, -0.15) is 0 Å². The van der Waals surface area contributed by atoms with Crippen LogP contribution in [0, 0.1) is 11.7 Å². The fourth-order valence-electron chi connectivity index (χ4n) is 1.70. The highest BCUT2D eigenvalue weighted by molar-refractivity contribution is 6.31. The van der Waals surface area contributed by atoms with Crippen LogP contribution in [0.2, 0.25) is 5.02 Å². The zero-order valence-electron chi connectivity index (χ0n) is 7.84. The second kappa shape index (κ2) is 3.87. The molecular formula is C11H13ClFN. The minimum absolute atomic E-state index is 0.254. The van der Waals surface area contributed by atoms with E-state index in [9.17, 15) is 4.39 Å². The first kappa shape index (κ1) is 9.94. The Balaban J connectivity index is 2.19. The van der Waals surface area contributed by atoms with E-state index in [0.717, 1.165) is 6.42 Å². The molecule has 1 fully saturated rings. The molecule has 0 amide bonds. The van der Waals surface area contributed by atoms with Crippen LogP contribution in [0.4, 0.5) is 4.39 Å². The molecule has 1 nitrogen and oxygen atoms in total. The summed E-state index contributed by atoms with van der Waals surface area (Å²) in [6.07, 6.45) is 3.29. The van der Waals surface area contributed by atoms with Crippen LogP contribution in [0.15, 0.2) is 18.2 Å². The third-order valence-corrected chi connectivity index (χ3v) is 2.98. The van der Waals surface area contributed by atoms with Crippen LogP contribution in [0.5, 0.6) is 0 Å². The summed E-state index contributed by atoms with van der Waals surface area (Å²) in [5.41, 5.74) is 6.39. The Labute approximate surface area is 88.1 Å². The summed E-state index contributed by atoms with van der Waals surface area (Å²) in [6.45, 7) is 0. The molecule has 0 heterocycles. The van der Waals surface area contributed by atoms with E-state index in [1.54, 1.807) is 12.1 Å². The van der Waals surface area contributed by atoms with Gasteiger partial charge in [0.15, 0.2) is 0 Å². The van der Waals surface area contributed by atoms with Gasteiger partial charge in [0.25, 0.3) is 0 Å². The number of rotatable bonds is 3. The zero-order valence-corrected chi connectivity index (χ0v) is 8.60. The Morgan fingerprint density at radius 3 is 2.79 bits per heavy atom. The van der Waals surface area contributed by atoms with E-state index in [4.69, 9.17) is 17.3 Å². The lowest BCUT2D eigenvalue weighted by molar-refractivity contribution is 0.543. The fourth-order valence-corrected chi connectivity index (χ4v) is 2.00. The molecule has 1 aromatic rings. The van der Waals surface area contributed by atoms with Crippen LogP contribution >= 0.6 is 11.6 Å². The Morgan fingerprint density at radius 2 is 2.21 bits per heavy atom. The van der Waals surface area contributed by atoms with Gasteiger partial charge in [-0.05, 0) is 24.5 Å². The molecule has 0 radical (unpaired) electrons. The van der Waals surface area contributed by atoms with E-state index < -0.39 is 0 Å². The van der Waals surface area contributed by atoms with Crippen LogP contribution < -0.4 is 5.73 Å². The molecule has 1 aliphatic rings. The molecule has 0 saturated heterocycles. The van der Waals surface area contributed by atoms with Gasteiger partial charge in [-0.15, -0.1) is 0 Å². The normalized spacial score (nSPS) is 18.2. The molecule has 2 N–H and O–H groups in total. The predicted octanol–water partition coefficient (Wildman–Crippen LogP) is 3.28. The van der Waals surface area contributed by atoms with Gasteiger partial charge in [-0.1, -0.05) is 30.5 Å². The van der Waals surface area contributed by atoms with Gasteiger partial charge in [-0.3, -0.25) is 0 Å². The second-order valence-corrected chi connectivity index (χ2v) is 4.33.